The largest absolute Gasteiger partial charge is 0.478 e. The van der Waals surface area contributed by atoms with Gasteiger partial charge in [0.1, 0.15) is 0 Å². The smallest absolute Gasteiger partial charge is 0.331 e. The Kier molecular flexibility index (Phi) is 6.40. The van der Waals surface area contributed by atoms with Crippen molar-refractivity contribution in [2.75, 3.05) is 18.5 Å². The Balaban J connectivity index is 2.17. The molecular weight excluding hydrogens is 310 g/mol. The average Bonchev–Trinajstić information content (AvgIpc) is 2.60. The Hall–Kier alpha value is -2.55. The second-order valence-electron chi connectivity index (χ2n) is 6.84. The number of carboxylic acid groups (broad SMARTS) is 1. The molecule has 25 heavy (non-hydrogen) atoms. The number of hydrogen-bond donors (Lipinski definition) is 1. The van der Waals surface area contributed by atoms with Crippen LogP contribution in [0.25, 0.3) is 6.08 Å². The fourth-order valence-electron chi connectivity index (χ4n) is 2.87. The Morgan fingerprint density at radius 3 is 2.16 bits per heavy atom. The lowest BCUT2D eigenvalue weighted by Crippen LogP contribution is -2.27. The monoisotopic (exact) mass is 337 g/mol. The van der Waals surface area contributed by atoms with Crippen molar-refractivity contribution in [1.29, 1.82) is 0 Å². The van der Waals surface area contributed by atoms with E-state index in [1.165, 1.54) is 5.56 Å². The molecule has 0 amide bonds. The number of para-hydroxylation sites is 1. The first-order valence-corrected chi connectivity index (χ1v) is 8.69. The van der Waals surface area contributed by atoms with Crippen molar-refractivity contribution in [1.82, 2.24) is 0 Å². The van der Waals surface area contributed by atoms with E-state index in [-0.39, 0.29) is 5.92 Å². The highest BCUT2D eigenvalue weighted by Crippen LogP contribution is 2.21. The van der Waals surface area contributed by atoms with E-state index in [4.69, 9.17) is 0 Å². The molecule has 1 atom stereocenters. The molecule has 3 nitrogen and oxygen atoms in total. The van der Waals surface area contributed by atoms with Crippen LogP contribution in [-0.2, 0) is 4.79 Å². The zero-order valence-electron chi connectivity index (χ0n) is 15.4. The maximum atomic E-state index is 11.8. The number of anilines is 1. The second kappa shape index (κ2) is 8.52. The third-order valence-electron chi connectivity index (χ3n) is 4.45. The topological polar surface area (TPSA) is 40.5 Å². The van der Waals surface area contributed by atoms with Crippen LogP contribution in [0, 0.1) is 5.92 Å². The van der Waals surface area contributed by atoms with Crippen LogP contribution in [0.3, 0.4) is 0 Å². The first-order chi connectivity index (χ1) is 11.9. The molecule has 0 heterocycles. The molecule has 0 fully saturated rings. The van der Waals surface area contributed by atoms with Crippen LogP contribution in [0.15, 0.2) is 60.2 Å². The van der Waals surface area contributed by atoms with Gasteiger partial charge in [0, 0.05) is 30.8 Å². The van der Waals surface area contributed by atoms with E-state index in [1.54, 1.807) is 6.08 Å². The van der Waals surface area contributed by atoms with Gasteiger partial charge in [0.25, 0.3) is 0 Å². The highest BCUT2D eigenvalue weighted by Gasteiger charge is 2.18. The molecular formula is C22H27NO2. The number of hydrogen-bond acceptors (Lipinski definition) is 2. The van der Waals surface area contributed by atoms with E-state index in [1.807, 2.05) is 56.4 Å². The highest BCUT2D eigenvalue weighted by atomic mass is 16.4. The average molecular weight is 337 g/mol. The van der Waals surface area contributed by atoms with Gasteiger partial charge in [-0.3, -0.25) is 0 Å². The number of carbonyl (C=O) groups is 1. The summed E-state index contributed by atoms with van der Waals surface area (Å²) < 4.78 is 0. The summed E-state index contributed by atoms with van der Waals surface area (Å²) in [6, 6.07) is 18.1. The van der Waals surface area contributed by atoms with E-state index < -0.39 is 5.97 Å². The van der Waals surface area contributed by atoms with Gasteiger partial charge >= 0.3 is 5.97 Å². The van der Waals surface area contributed by atoms with Crippen molar-refractivity contribution in [2.45, 2.75) is 26.7 Å². The molecule has 0 saturated heterocycles. The lowest BCUT2D eigenvalue weighted by Gasteiger charge is -2.24. The molecule has 1 unspecified atom stereocenters. The normalized spacial score (nSPS) is 12.9. The lowest BCUT2D eigenvalue weighted by molar-refractivity contribution is -0.133. The van der Waals surface area contributed by atoms with Gasteiger partial charge in [-0.05, 0) is 35.3 Å². The number of aliphatic carboxylic acids is 1. The minimum atomic E-state index is -0.859. The molecule has 0 aromatic heterocycles. The molecule has 2 rings (SSSR count). The highest BCUT2D eigenvalue weighted by molar-refractivity contribution is 5.92. The fourth-order valence-corrected chi connectivity index (χ4v) is 2.87. The quantitative estimate of drug-likeness (QED) is 0.719. The number of carboxylic acids is 1. The van der Waals surface area contributed by atoms with Gasteiger partial charge in [0.05, 0.1) is 0 Å². The van der Waals surface area contributed by atoms with Crippen LogP contribution in [0.2, 0.25) is 0 Å². The van der Waals surface area contributed by atoms with Gasteiger partial charge < -0.3 is 10.0 Å². The van der Waals surface area contributed by atoms with Crippen LogP contribution in [-0.4, -0.2) is 24.7 Å². The van der Waals surface area contributed by atoms with E-state index in [0.717, 1.165) is 11.3 Å². The van der Waals surface area contributed by atoms with Crippen molar-refractivity contribution < 1.29 is 9.90 Å². The maximum Gasteiger partial charge on any atom is 0.331 e. The molecule has 1 N–H and O–H groups in total. The number of rotatable bonds is 7. The predicted molar refractivity (Wildman–Crippen MR) is 105 cm³/mol. The predicted octanol–water partition coefficient (Wildman–Crippen LogP) is 5.05. The van der Waals surface area contributed by atoms with Gasteiger partial charge in [0.15, 0.2) is 0 Å². The van der Waals surface area contributed by atoms with Crippen LogP contribution < -0.4 is 4.90 Å². The Labute approximate surface area is 150 Å². The summed E-state index contributed by atoms with van der Waals surface area (Å²) in [6.45, 7) is 6.90. The standard InChI is InChI=1S/C22H27NO2/c1-16(2)19-12-10-18(11-13-19)14-21(22(24)25)17(3)15-23(4)20-8-6-5-7-9-20/h5-14,16-17H,15H2,1-4H3,(H,24,25). The first-order valence-electron chi connectivity index (χ1n) is 8.69. The molecule has 0 bridgehead atoms. The van der Waals surface area contributed by atoms with Gasteiger partial charge in [-0.2, -0.15) is 0 Å². The van der Waals surface area contributed by atoms with Crippen molar-refractivity contribution in [2.24, 2.45) is 5.92 Å². The third-order valence-corrected chi connectivity index (χ3v) is 4.45. The van der Waals surface area contributed by atoms with Gasteiger partial charge in [-0.1, -0.05) is 63.2 Å². The number of nitrogens with zero attached hydrogens (tertiary/aromatic N) is 1. The second-order valence-corrected chi connectivity index (χ2v) is 6.84. The summed E-state index contributed by atoms with van der Waals surface area (Å²) in [5.41, 5.74) is 3.70. The summed E-state index contributed by atoms with van der Waals surface area (Å²) in [5, 5.41) is 9.64. The maximum absolute atomic E-state index is 11.8. The molecule has 3 heteroatoms. The van der Waals surface area contributed by atoms with Crippen molar-refractivity contribution in [3.05, 3.63) is 71.3 Å². The minimum absolute atomic E-state index is 0.0903. The molecule has 0 saturated carbocycles. The lowest BCUT2D eigenvalue weighted by atomic mass is 9.96. The van der Waals surface area contributed by atoms with E-state index in [2.05, 4.69) is 30.9 Å². The SMILES string of the molecule is CC(CN(C)c1ccccc1)C(=Cc1ccc(C(C)C)cc1)C(=O)O. The number of benzene rings is 2. The van der Waals surface area contributed by atoms with Crippen molar-refractivity contribution in [3.63, 3.8) is 0 Å². The first kappa shape index (κ1) is 18.8. The van der Waals surface area contributed by atoms with Gasteiger partial charge in [-0.25, -0.2) is 4.79 Å². The molecule has 0 radical (unpaired) electrons. The molecule has 0 spiro atoms. The summed E-state index contributed by atoms with van der Waals surface area (Å²) >= 11 is 0. The van der Waals surface area contributed by atoms with Crippen LogP contribution >= 0.6 is 0 Å². The van der Waals surface area contributed by atoms with E-state index >= 15 is 0 Å². The molecule has 0 aliphatic rings. The summed E-state index contributed by atoms with van der Waals surface area (Å²) in [7, 11) is 1.99. The molecule has 0 aliphatic heterocycles. The van der Waals surface area contributed by atoms with E-state index in [0.29, 0.717) is 18.0 Å². The Bertz CT molecular complexity index is 717. The zero-order valence-corrected chi connectivity index (χ0v) is 15.4. The zero-order chi connectivity index (χ0) is 18.4. The van der Waals surface area contributed by atoms with Crippen LogP contribution in [0.5, 0.6) is 0 Å². The summed E-state index contributed by atoms with van der Waals surface area (Å²) in [6.07, 6.45) is 1.79. The van der Waals surface area contributed by atoms with Crippen LogP contribution in [0.4, 0.5) is 5.69 Å². The van der Waals surface area contributed by atoms with E-state index in [9.17, 15) is 9.90 Å². The van der Waals surface area contributed by atoms with Crippen molar-refractivity contribution >= 4 is 17.7 Å². The summed E-state index contributed by atoms with van der Waals surface area (Å²) in [5.74, 6) is -0.482. The Morgan fingerprint density at radius 2 is 1.64 bits per heavy atom. The fraction of sp³-hybridized carbons (Fsp3) is 0.318. The summed E-state index contributed by atoms with van der Waals surface area (Å²) in [4.78, 5) is 13.8. The molecule has 132 valence electrons. The van der Waals surface area contributed by atoms with Gasteiger partial charge in [-0.15, -0.1) is 0 Å². The molecule has 0 aliphatic carbocycles. The van der Waals surface area contributed by atoms with Gasteiger partial charge in [0.2, 0.25) is 0 Å². The Morgan fingerprint density at radius 1 is 1.04 bits per heavy atom. The minimum Gasteiger partial charge on any atom is -0.478 e. The molecule has 2 aromatic carbocycles. The van der Waals surface area contributed by atoms with Crippen molar-refractivity contribution in [3.8, 4) is 0 Å². The third kappa shape index (κ3) is 5.21. The van der Waals surface area contributed by atoms with Crippen LogP contribution in [0.1, 0.15) is 37.8 Å². The molecule has 2 aromatic rings.